The number of carboxylic acid groups (broad SMARTS) is 3. The van der Waals surface area contributed by atoms with E-state index in [1.165, 1.54) is 0 Å². The Kier molecular flexibility index (Phi) is 25.9. The number of hydrogen-bond acceptors (Lipinski definition) is 5. The number of hydrogen-bond donors (Lipinski definition) is 5. The standard InChI is InChI=1S/C6H9O10P.2Na.3H2O.2H/c7-3(8)1-6(5(11)12,2-4(9)10)16-17(13,14)15;;;;;;;/h1-2H2,(H,7,8)(H,9,10)(H,11,12)(H2,13,14,15);;;3*1H2;;. The van der Waals surface area contributed by atoms with E-state index >= 15 is 0 Å². The molecule has 0 saturated carbocycles. The maximum atomic E-state index is 10.8. The first kappa shape index (κ1) is 38.1. The Bertz CT molecular complexity index is 376. The number of aliphatic carboxylic acids is 3. The molecule has 0 aromatic heterocycles. The molecule has 0 radical (unpaired) electrons. The Labute approximate surface area is 167 Å². The van der Waals surface area contributed by atoms with E-state index < -0.39 is 44.2 Å². The molecule has 0 aliphatic carbocycles. The maximum absolute atomic E-state index is 10.8. The Balaban J connectivity index is -0.000000128. The fourth-order valence-electron chi connectivity index (χ4n) is 1.03. The van der Waals surface area contributed by atoms with Gasteiger partial charge in [-0.1, -0.05) is 0 Å². The van der Waals surface area contributed by atoms with Crippen LogP contribution >= 0.6 is 7.82 Å². The van der Waals surface area contributed by atoms with Gasteiger partial charge in [0.25, 0.3) is 0 Å². The summed E-state index contributed by atoms with van der Waals surface area (Å²) in [7, 11) is -5.36. The minimum absolute atomic E-state index is 0. The van der Waals surface area contributed by atoms with E-state index in [9.17, 15) is 18.9 Å². The first-order chi connectivity index (χ1) is 7.48. The van der Waals surface area contributed by atoms with Gasteiger partial charge in [-0.05, 0) is 0 Å². The van der Waals surface area contributed by atoms with Crippen molar-refractivity contribution < 1.29 is 65.0 Å². The number of carboxylic acids is 3. The number of rotatable bonds is 7. The molecule has 0 amide bonds. The summed E-state index contributed by atoms with van der Waals surface area (Å²) in [6, 6.07) is 0. The summed E-state index contributed by atoms with van der Waals surface area (Å²) in [5.74, 6) is -5.64. The fourth-order valence-corrected chi connectivity index (χ4v) is 1.70. The Morgan fingerprint density at radius 2 is 1.14 bits per heavy atom. The van der Waals surface area contributed by atoms with Crippen LogP contribution in [-0.2, 0) is 23.5 Å². The summed E-state index contributed by atoms with van der Waals surface area (Å²) in [6.07, 6.45) is -2.81. The third kappa shape index (κ3) is 15.3. The van der Waals surface area contributed by atoms with Crippen LogP contribution in [0.25, 0.3) is 0 Å². The monoisotopic (exact) mass is 374 g/mol. The molecule has 0 fully saturated rings. The van der Waals surface area contributed by atoms with Gasteiger partial charge in [-0.2, -0.15) is 0 Å². The van der Waals surface area contributed by atoms with E-state index in [0.717, 1.165) is 0 Å². The van der Waals surface area contributed by atoms with Gasteiger partial charge in [-0.3, -0.25) is 14.1 Å². The van der Waals surface area contributed by atoms with Gasteiger partial charge in [0.05, 0.1) is 12.8 Å². The molecule has 0 bridgehead atoms. The second-order valence-electron chi connectivity index (χ2n) is 3.02. The van der Waals surface area contributed by atoms with Crippen LogP contribution in [-0.4, -0.2) is 124 Å². The molecule has 0 aromatic carbocycles. The van der Waals surface area contributed by atoms with E-state index in [1.54, 1.807) is 0 Å². The van der Waals surface area contributed by atoms with Gasteiger partial charge in [0, 0.05) is 0 Å². The van der Waals surface area contributed by atoms with Crippen molar-refractivity contribution in [2.45, 2.75) is 18.4 Å². The van der Waals surface area contributed by atoms with Crippen LogP contribution in [0.4, 0.5) is 0 Å². The van der Waals surface area contributed by atoms with Crippen molar-refractivity contribution in [1.29, 1.82) is 0 Å². The topological polar surface area (TPSA) is 273 Å². The summed E-state index contributed by atoms with van der Waals surface area (Å²) in [5, 5.41) is 25.5. The molecule has 0 atom stereocenters. The van der Waals surface area contributed by atoms with Crippen LogP contribution in [0.5, 0.6) is 0 Å². The predicted molar refractivity (Wildman–Crippen MR) is 73.1 cm³/mol. The molecule has 0 rings (SSSR count). The molecule has 0 aliphatic rings. The van der Waals surface area contributed by atoms with Crippen molar-refractivity contribution in [3.05, 3.63) is 0 Å². The average molecular weight is 374 g/mol. The van der Waals surface area contributed by atoms with Gasteiger partial charge < -0.3 is 41.5 Å². The second kappa shape index (κ2) is 15.0. The summed E-state index contributed by atoms with van der Waals surface area (Å²) >= 11 is 0. The first-order valence-electron chi connectivity index (χ1n) is 3.92. The Morgan fingerprint density at radius 3 is 1.27 bits per heavy atom. The van der Waals surface area contributed by atoms with E-state index in [2.05, 4.69) is 4.52 Å². The van der Waals surface area contributed by atoms with Crippen LogP contribution in [0.1, 0.15) is 12.8 Å². The summed E-state index contributed by atoms with van der Waals surface area (Å²) in [5.41, 5.74) is -3.02. The van der Waals surface area contributed by atoms with Crippen LogP contribution in [0, 0.1) is 0 Å². The first-order valence-corrected chi connectivity index (χ1v) is 5.45. The van der Waals surface area contributed by atoms with Gasteiger partial charge >= 0.3 is 84.8 Å². The van der Waals surface area contributed by atoms with Crippen LogP contribution in [0.15, 0.2) is 0 Å². The van der Waals surface area contributed by atoms with Crippen molar-refractivity contribution in [1.82, 2.24) is 0 Å². The molecule has 0 unspecified atom stereocenters. The molecule has 11 N–H and O–H groups in total. The zero-order valence-corrected chi connectivity index (χ0v) is 10.5. The molecule has 0 heterocycles. The molecule has 16 heteroatoms. The van der Waals surface area contributed by atoms with Gasteiger partial charge in [0.2, 0.25) is 0 Å². The molecule has 13 nitrogen and oxygen atoms in total. The summed E-state index contributed by atoms with van der Waals surface area (Å²) < 4.78 is 14.4. The second-order valence-corrected chi connectivity index (χ2v) is 4.19. The molecule has 0 saturated heterocycles. The third-order valence-corrected chi connectivity index (χ3v) is 2.14. The van der Waals surface area contributed by atoms with Crippen LogP contribution in [0.3, 0.4) is 0 Å². The summed E-state index contributed by atoms with van der Waals surface area (Å²) in [6.45, 7) is 0. The SMILES string of the molecule is O.O.O.O=C(O)CC(CC(=O)O)(OP(=O)(O)O)C(=O)O.[NaH].[NaH]. The van der Waals surface area contributed by atoms with Gasteiger partial charge in [-0.15, -0.1) is 0 Å². The number of carbonyl (C=O) groups is 3. The van der Waals surface area contributed by atoms with Gasteiger partial charge in [-0.25, -0.2) is 9.36 Å². The molecule has 126 valence electrons. The molecular weight excluding hydrogens is 357 g/mol. The van der Waals surface area contributed by atoms with E-state index in [-0.39, 0.29) is 75.5 Å². The normalized spacial score (nSPS) is 9.36. The molecule has 22 heavy (non-hydrogen) atoms. The van der Waals surface area contributed by atoms with Crippen LogP contribution < -0.4 is 0 Å². The zero-order chi connectivity index (χ0) is 13.9. The quantitative estimate of drug-likeness (QED) is 0.209. The molecular formula is C6H17Na2O13P. The molecule has 0 spiro atoms. The number of phosphoric ester groups is 1. The minimum atomic E-state index is -5.36. The van der Waals surface area contributed by atoms with E-state index in [1.807, 2.05) is 0 Å². The predicted octanol–water partition coefficient (Wildman–Crippen LogP) is -4.90. The van der Waals surface area contributed by atoms with Crippen molar-refractivity contribution >= 4 is 84.8 Å². The summed E-state index contributed by atoms with van der Waals surface area (Å²) in [4.78, 5) is 48.5. The van der Waals surface area contributed by atoms with E-state index in [0.29, 0.717) is 0 Å². The van der Waals surface area contributed by atoms with Crippen LogP contribution in [0.2, 0.25) is 0 Å². The number of phosphoric acid groups is 1. The van der Waals surface area contributed by atoms with E-state index in [4.69, 9.17) is 25.1 Å². The molecule has 0 aliphatic heterocycles. The van der Waals surface area contributed by atoms with Crippen molar-refractivity contribution in [3.63, 3.8) is 0 Å². The zero-order valence-electron chi connectivity index (χ0n) is 9.64. The fraction of sp³-hybridized carbons (Fsp3) is 0.500. The Morgan fingerprint density at radius 1 is 0.864 bits per heavy atom. The average Bonchev–Trinajstić information content (AvgIpc) is 1.96. The van der Waals surface area contributed by atoms with Crippen molar-refractivity contribution in [2.24, 2.45) is 0 Å². The van der Waals surface area contributed by atoms with Gasteiger partial charge in [0.1, 0.15) is 0 Å². The van der Waals surface area contributed by atoms with Gasteiger partial charge in [0.15, 0.2) is 5.60 Å². The van der Waals surface area contributed by atoms with Crippen molar-refractivity contribution in [2.75, 3.05) is 0 Å². The van der Waals surface area contributed by atoms with Crippen molar-refractivity contribution in [3.8, 4) is 0 Å². The third-order valence-electron chi connectivity index (χ3n) is 1.56. The molecule has 0 aromatic rings. The Hall–Kier alpha value is 0.400.